The highest BCUT2D eigenvalue weighted by Crippen LogP contribution is 2.48. The Morgan fingerprint density at radius 1 is 1.22 bits per heavy atom. The zero-order valence-electron chi connectivity index (χ0n) is 15.4. The number of unbranched alkanes of at least 4 members (excludes halogenated alkanes) is 2. The molecule has 0 saturated heterocycles. The molecule has 0 spiro atoms. The molecule has 130 valence electrons. The minimum Gasteiger partial charge on any atom is -0.508 e. The van der Waals surface area contributed by atoms with Crippen LogP contribution < -0.4 is 5.73 Å². The van der Waals surface area contributed by atoms with Crippen LogP contribution in [0.25, 0.3) is 0 Å². The molecule has 3 atom stereocenters. The van der Waals surface area contributed by atoms with Crippen molar-refractivity contribution in [2.75, 3.05) is 5.73 Å². The van der Waals surface area contributed by atoms with Crippen molar-refractivity contribution in [2.45, 2.75) is 78.6 Å². The Balaban J connectivity index is 2.26. The number of aromatic hydroxyl groups is 1. The molecule has 1 fully saturated rings. The average molecular weight is 318 g/mol. The first-order chi connectivity index (χ1) is 10.9. The van der Waals surface area contributed by atoms with E-state index in [4.69, 9.17) is 5.73 Å². The summed E-state index contributed by atoms with van der Waals surface area (Å²) < 4.78 is 0. The van der Waals surface area contributed by atoms with E-state index in [0.717, 1.165) is 30.0 Å². The summed E-state index contributed by atoms with van der Waals surface area (Å²) in [6.07, 6.45) is 8.34. The number of nitrogens with two attached hydrogens (primary N) is 1. The first-order valence-electron chi connectivity index (χ1n) is 9.55. The Labute approximate surface area is 142 Å². The van der Waals surface area contributed by atoms with Crippen molar-refractivity contribution < 1.29 is 5.11 Å². The average Bonchev–Trinajstić information content (AvgIpc) is 2.46. The van der Waals surface area contributed by atoms with E-state index in [0.29, 0.717) is 23.5 Å². The molecule has 3 N–H and O–H groups in total. The summed E-state index contributed by atoms with van der Waals surface area (Å²) in [5.41, 5.74) is 9.42. The van der Waals surface area contributed by atoms with Crippen LogP contribution in [0.2, 0.25) is 0 Å². The molecule has 1 saturated carbocycles. The molecule has 0 amide bonds. The number of aryl methyl sites for hydroxylation is 1. The van der Waals surface area contributed by atoms with Crippen LogP contribution in [0.5, 0.6) is 5.75 Å². The van der Waals surface area contributed by atoms with E-state index in [1.807, 2.05) is 6.07 Å². The molecule has 1 aromatic rings. The summed E-state index contributed by atoms with van der Waals surface area (Å²) in [6.45, 7) is 9.15. The van der Waals surface area contributed by atoms with E-state index in [1.54, 1.807) is 0 Å². The molecule has 0 radical (unpaired) electrons. The van der Waals surface area contributed by atoms with Crippen LogP contribution in [-0.4, -0.2) is 5.11 Å². The minimum atomic E-state index is 0.406. The lowest BCUT2D eigenvalue weighted by molar-refractivity contribution is 0.195. The number of hydrogen-bond acceptors (Lipinski definition) is 2. The van der Waals surface area contributed by atoms with Gasteiger partial charge in [0.05, 0.1) is 0 Å². The molecular weight excluding hydrogens is 282 g/mol. The summed E-state index contributed by atoms with van der Waals surface area (Å²) in [6, 6.07) is 4.08. The van der Waals surface area contributed by atoms with Gasteiger partial charge in [-0.05, 0) is 67.1 Å². The van der Waals surface area contributed by atoms with Gasteiger partial charge < -0.3 is 10.8 Å². The first-order valence-corrected chi connectivity index (χ1v) is 9.55. The summed E-state index contributed by atoms with van der Waals surface area (Å²) in [4.78, 5) is 0. The number of hydrogen-bond donors (Lipinski definition) is 2. The molecule has 1 aliphatic carbocycles. The van der Waals surface area contributed by atoms with E-state index in [2.05, 4.69) is 33.8 Å². The van der Waals surface area contributed by atoms with E-state index < -0.39 is 0 Å². The third-order valence-electron chi connectivity index (χ3n) is 5.71. The van der Waals surface area contributed by atoms with E-state index in [1.165, 1.54) is 37.7 Å². The lowest BCUT2D eigenvalue weighted by Gasteiger charge is -2.38. The van der Waals surface area contributed by atoms with Crippen molar-refractivity contribution >= 4 is 5.69 Å². The van der Waals surface area contributed by atoms with Gasteiger partial charge in [0.15, 0.2) is 0 Å². The van der Waals surface area contributed by atoms with E-state index in [-0.39, 0.29) is 0 Å². The van der Waals surface area contributed by atoms with Gasteiger partial charge in [0.1, 0.15) is 5.75 Å². The van der Waals surface area contributed by atoms with Gasteiger partial charge in [-0.2, -0.15) is 0 Å². The maximum absolute atomic E-state index is 10.7. The van der Waals surface area contributed by atoms with Gasteiger partial charge in [0, 0.05) is 11.3 Å². The van der Waals surface area contributed by atoms with Crippen molar-refractivity contribution in [1.82, 2.24) is 0 Å². The molecule has 1 aliphatic rings. The molecule has 23 heavy (non-hydrogen) atoms. The van der Waals surface area contributed by atoms with Crippen molar-refractivity contribution in [2.24, 2.45) is 17.8 Å². The van der Waals surface area contributed by atoms with Gasteiger partial charge in [0.25, 0.3) is 0 Å². The maximum atomic E-state index is 10.7. The number of anilines is 1. The fraction of sp³-hybridized carbons (Fsp3) is 0.714. The molecule has 0 aliphatic heterocycles. The molecule has 2 nitrogen and oxygen atoms in total. The summed E-state index contributed by atoms with van der Waals surface area (Å²) in [7, 11) is 0. The molecular formula is C21H35NO. The summed E-state index contributed by atoms with van der Waals surface area (Å²) >= 11 is 0. The molecule has 2 heteroatoms. The van der Waals surface area contributed by atoms with Crippen molar-refractivity contribution in [3.8, 4) is 5.75 Å². The second kappa shape index (κ2) is 8.08. The SMILES string of the molecule is CCCCCc1cc(N)c([C@@H]2C[C@H](C)CC[C@H]2C(C)C)c(O)c1. The molecule has 0 aromatic heterocycles. The Morgan fingerprint density at radius 3 is 2.57 bits per heavy atom. The maximum Gasteiger partial charge on any atom is 0.121 e. The van der Waals surface area contributed by atoms with Gasteiger partial charge in [-0.15, -0.1) is 0 Å². The van der Waals surface area contributed by atoms with Gasteiger partial charge in [0.2, 0.25) is 0 Å². The van der Waals surface area contributed by atoms with Crippen LogP contribution in [0.3, 0.4) is 0 Å². The smallest absolute Gasteiger partial charge is 0.121 e. The number of benzene rings is 1. The third kappa shape index (κ3) is 4.43. The zero-order valence-corrected chi connectivity index (χ0v) is 15.4. The molecule has 0 heterocycles. The first kappa shape index (κ1) is 18.2. The predicted molar refractivity (Wildman–Crippen MR) is 99.8 cm³/mol. The lowest BCUT2D eigenvalue weighted by Crippen LogP contribution is -2.26. The second-order valence-corrected chi connectivity index (χ2v) is 8.01. The number of rotatable bonds is 6. The van der Waals surface area contributed by atoms with Crippen LogP contribution in [0.1, 0.15) is 83.3 Å². The quantitative estimate of drug-likeness (QED) is 0.508. The highest BCUT2D eigenvalue weighted by Gasteiger charge is 2.34. The number of phenols is 1. The summed E-state index contributed by atoms with van der Waals surface area (Å²) in [5, 5.41) is 10.7. The van der Waals surface area contributed by atoms with Crippen LogP contribution in [0.15, 0.2) is 12.1 Å². The lowest BCUT2D eigenvalue weighted by atomic mass is 9.67. The van der Waals surface area contributed by atoms with E-state index >= 15 is 0 Å². The van der Waals surface area contributed by atoms with Crippen LogP contribution in [0, 0.1) is 17.8 Å². The van der Waals surface area contributed by atoms with Gasteiger partial charge in [-0.25, -0.2) is 0 Å². The Bertz CT molecular complexity index is 486. The predicted octanol–water partition coefficient (Wildman–Crippen LogP) is 5.88. The topological polar surface area (TPSA) is 46.2 Å². The Kier molecular flexibility index (Phi) is 6.38. The standard InChI is InChI=1S/C21H35NO/c1-5-6-7-8-16-12-19(22)21(20(23)13-16)18-11-15(4)9-10-17(18)14(2)3/h12-15,17-18,23H,5-11,22H2,1-4H3/t15-,17+,18-/m1/s1. The fourth-order valence-corrected chi connectivity index (χ4v) is 4.38. The van der Waals surface area contributed by atoms with Crippen LogP contribution in [0.4, 0.5) is 5.69 Å². The van der Waals surface area contributed by atoms with Crippen molar-refractivity contribution in [1.29, 1.82) is 0 Å². The van der Waals surface area contributed by atoms with E-state index in [9.17, 15) is 5.11 Å². The van der Waals surface area contributed by atoms with Gasteiger partial charge in [-0.1, -0.05) is 47.0 Å². The number of phenolic OH excluding ortho intramolecular Hbond substituents is 1. The highest BCUT2D eigenvalue weighted by atomic mass is 16.3. The second-order valence-electron chi connectivity index (χ2n) is 8.01. The largest absolute Gasteiger partial charge is 0.508 e. The highest BCUT2D eigenvalue weighted by molar-refractivity contribution is 5.58. The normalized spacial score (nSPS) is 25.0. The minimum absolute atomic E-state index is 0.406. The molecule has 0 unspecified atom stereocenters. The molecule has 1 aromatic carbocycles. The van der Waals surface area contributed by atoms with Crippen molar-refractivity contribution in [3.63, 3.8) is 0 Å². The zero-order chi connectivity index (χ0) is 17.0. The monoisotopic (exact) mass is 317 g/mol. The van der Waals surface area contributed by atoms with Gasteiger partial charge in [-0.3, -0.25) is 0 Å². The Morgan fingerprint density at radius 2 is 1.96 bits per heavy atom. The summed E-state index contributed by atoms with van der Waals surface area (Å²) in [5.74, 6) is 2.82. The van der Waals surface area contributed by atoms with Gasteiger partial charge >= 0.3 is 0 Å². The molecule has 2 rings (SSSR count). The fourth-order valence-electron chi connectivity index (χ4n) is 4.38. The molecule has 0 bridgehead atoms. The van der Waals surface area contributed by atoms with Crippen LogP contribution in [-0.2, 0) is 6.42 Å². The Hall–Kier alpha value is -1.18. The third-order valence-corrected chi connectivity index (χ3v) is 5.71. The number of nitrogen functional groups attached to an aromatic ring is 1. The van der Waals surface area contributed by atoms with Crippen LogP contribution >= 0.6 is 0 Å². The van der Waals surface area contributed by atoms with Crippen molar-refractivity contribution in [3.05, 3.63) is 23.3 Å².